The monoisotopic (exact) mass is 426 g/mol. The lowest BCUT2D eigenvalue weighted by Crippen LogP contribution is -2.50. The number of nitro benzene ring substituents is 1. The van der Waals surface area contributed by atoms with E-state index in [1.807, 2.05) is 19.9 Å². The summed E-state index contributed by atoms with van der Waals surface area (Å²) in [7, 11) is 0. The van der Waals surface area contributed by atoms with Crippen LogP contribution in [-0.4, -0.2) is 42.5 Å². The van der Waals surface area contributed by atoms with E-state index in [0.29, 0.717) is 18.0 Å². The quantitative estimate of drug-likeness (QED) is 0.520. The van der Waals surface area contributed by atoms with Crippen LogP contribution in [0.3, 0.4) is 0 Å². The molecular formula is C22H26N4O5. The zero-order valence-electron chi connectivity index (χ0n) is 17.8. The maximum absolute atomic E-state index is 12.8. The summed E-state index contributed by atoms with van der Waals surface area (Å²) in [4.78, 5) is 37.9. The van der Waals surface area contributed by atoms with E-state index in [9.17, 15) is 19.7 Å². The first-order valence-electron chi connectivity index (χ1n) is 10.1. The average Bonchev–Trinajstić information content (AvgIpc) is 2.74. The van der Waals surface area contributed by atoms with E-state index in [2.05, 4.69) is 10.6 Å². The number of benzene rings is 2. The second kappa shape index (κ2) is 9.46. The number of hydrogen-bond acceptors (Lipinski definition) is 6. The molecule has 31 heavy (non-hydrogen) atoms. The second-order valence-electron chi connectivity index (χ2n) is 7.50. The molecular weight excluding hydrogens is 400 g/mol. The van der Waals surface area contributed by atoms with Crippen molar-refractivity contribution in [3.63, 3.8) is 0 Å². The van der Waals surface area contributed by atoms with Gasteiger partial charge in [0.05, 0.1) is 23.7 Å². The Hall–Kier alpha value is -3.62. The summed E-state index contributed by atoms with van der Waals surface area (Å²) < 4.78 is 5.83. The van der Waals surface area contributed by atoms with Gasteiger partial charge >= 0.3 is 0 Å². The normalized spacial score (nSPS) is 14.9. The molecule has 2 aromatic carbocycles. The Bertz CT molecular complexity index is 1010. The summed E-state index contributed by atoms with van der Waals surface area (Å²) in [5.41, 5.74) is 2.29. The van der Waals surface area contributed by atoms with Crippen molar-refractivity contribution < 1.29 is 19.2 Å². The van der Waals surface area contributed by atoms with Gasteiger partial charge in [-0.1, -0.05) is 19.1 Å². The lowest BCUT2D eigenvalue weighted by Gasteiger charge is -2.35. The third-order valence-corrected chi connectivity index (χ3v) is 5.12. The fraction of sp³-hybridized carbons (Fsp3) is 0.364. The molecule has 0 saturated heterocycles. The minimum atomic E-state index is -0.759. The fourth-order valence-corrected chi connectivity index (χ4v) is 3.37. The summed E-state index contributed by atoms with van der Waals surface area (Å²) in [5.74, 6) is -0.155. The fourth-order valence-electron chi connectivity index (χ4n) is 3.37. The predicted octanol–water partition coefficient (Wildman–Crippen LogP) is 2.94. The molecule has 0 fully saturated rings. The number of anilines is 2. The summed E-state index contributed by atoms with van der Waals surface area (Å²) in [6, 6.07) is 10.2. The molecule has 0 aliphatic carbocycles. The van der Waals surface area contributed by atoms with Crippen molar-refractivity contribution in [1.29, 1.82) is 0 Å². The molecule has 0 saturated carbocycles. The van der Waals surface area contributed by atoms with Crippen LogP contribution in [-0.2, 0) is 9.59 Å². The molecule has 0 aromatic heterocycles. The minimum absolute atomic E-state index is 0.0813. The van der Waals surface area contributed by atoms with Crippen LogP contribution < -0.4 is 20.3 Å². The Balaban J connectivity index is 1.79. The molecule has 9 heteroatoms. The summed E-state index contributed by atoms with van der Waals surface area (Å²) >= 11 is 0. The molecule has 2 N–H and O–H groups in total. The Morgan fingerprint density at radius 3 is 2.65 bits per heavy atom. The molecule has 3 rings (SSSR count). The summed E-state index contributed by atoms with van der Waals surface area (Å²) in [6.45, 7) is 6.21. The second-order valence-corrected chi connectivity index (χ2v) is 7.50. The van der Waals surface area contributed by atoms with Crippen LogP contribution in [0.15, 0.2) is 36.4 Å². The van der Waals surface area contributed by atoms with Gasteiger partial charge in [0.15, 0.2) is 6.10 Å². The number of fused-ring (bicyclic) bond motifs is 1. The highest BCUT2D eigenvalue weighted by Crippen LogP contribution is 2.33. The average molecular weight is 426 g/mol. The van der Waals surface area contributed by atoms with Crippen molar-refractivity contribution >= 4 is 28.9 Å². The number of nitro groups is 1. The van der Waals surface area contributed by atoms with Crippen LogP contribution in [0.2, 0.25) is 0 Å². The lowest BCUT2D eigenvalue weighted by molar-refractivity contribution is -0.384. The Morgan fingerprint density at radius 1 is 1.23 bits per heavy atom. The van der Waals surface area contributed by atoms with Crippen molar-refractivity contribution in [1.82, 2.24) is 5.32 Å². The number of carbonyl (C=O) groups excluding carboxylic acids is 2. The van der Waals surface area contributed by atoms with Crippen molar-refractivity contribution in [3.05, 3.63) is 57.6 Å². The zero-order chi connectivity index (χ0) is 22.5. The summed E-state index contributed by atoms with van der Waals surface area (Å²) in [5, 5.41) is 16.9. The number of nitrogens with zero attached hydrogens (tertiary/aromatic N) is 2. The van der Waals surface area contributed by atoms with Gasteiger partial charge in [0.1, 0.15) is 11.4 Å². The van der Waals surface area contributed by atoms with Crippen LogP contribution in [0.25, 0.3) is 0 Å². The van der Waals surface area contributed by atoms with E-state index < -0.39 is 16.9 Å². The van der Waals surface area contributed by atoms with Crippen molar-refractivity contribution in [2.75, 3.05) is 29.9 Å². The third kappa shape index (κ3) is 5.11. The van der Waals surface area contributed by atoms with Gasteiger partial charge in [-0.15, -0.1) is 0 Å². The first-order chi connectivity index (χ1) is 14.8. The van der Waals surface area contributed by atoms with E-state index in [0.717, 1.165) is 17.5 Å². The van der Waals surface area contributed by atoms with Gasteiger partial charge in [-0.05, 0) is 49.6 Å². The van der Waals surface area contributed by atoms with Crippen LogP contribution in [0, 0.1) is 24.0 Å². The standard InChI is InChI=1S/C22H26N4O5/c1-4-9-23-22(28)20-12-25(17-7-5-6-8-19(17)31-20)13-21(27)24-16-10-14(2)15(3)11-18(16)26(29)30/h5-8,10-11,20H,4,9,12-13H2,1-3H3,(H,23,28)(H,24,27). The van der Waals surface area contributed by atoms with Crippen LogP contribution in [0.4, 0.5) is 17.1 Å². The third-order valence-electron chi connectivity index (χ3n) is 5.12. The molecule has 0 radical (unpaired) electrons. The summed E-state index contributed by atoms with van der Waals surface area (Å²) in [6.07, 6.45) is 0.0424. The Kier molecular flexibility index (Phi) is 6.74. The van der Waals surface area contributed by atoms with Crippen molar-refractivity contribution in [2.24, 2.45) is 0 Å². The number of nitrogens with one attached hydrogen (secondary N) is 2. The molecule has 1 aliphatic heterocycles. The van der Waals surface area contributed by atoms with Gasteiger partial charge in [0.25, 0.3) is 11.6 Å². The highest BCUT2D eigenvalue weighted by atomic mass is 16.6. The maximum Gasteiger partial charge on any atom is 0.293 e. The van der Waals surface area contributed by atoms with Crippen LogP contribution in [0.1, 0.15) is 24.5 Å². The van der Waals surface area contributed by atoms with E-state index in [-0.39, 0.29) is 30.4 Å². The molecule has 1 heterocycles. The molecule has 1 aliphatic rings. The molecule has 0 bridgehead atoms. The number of carbonyl (C=O) groups is 2. The maximum atomic E-state index is 12.8. The largest absolute Gasteiger partial charge is 0.477 e. The lowest BCUT2D eigenvalue weighted by atomic mass is 10.1. The molecule has 164 valence electrons. The zero-order valence-corrected chi connectivity index (χ0v) is 17.8. The van der Waals surface area contributed by atoms with Crippen LogP contribution in [0.5, 0.6) is 5.75 Å². The molecule has 1 atom stereocenters. The number of amides is 2. The minimum Gasteiger partial charge on any atom is -0.477 e. The van der Waals surface area contributed by atoms with E-state index in [4.69, 9.17) is 4.74 Å². The van der Waals surface area contributed by atoms with Crippen molar-refractivity contribution in [2.45, 2.75) is 33.3 Å². The number of rotatable bonds is 7. The Labute approximate surface area is 180 Å². The van der Waals surface area contributed by atoms with E-state index >= 15 is 0 Å². The smallest absolute Gasteiger partial charge is 0.293 e. The molecule has 1 unspecified atom stereocenters. The SMILES string of the molecule is CCCNC(=O)C1CN(CC(=O)Nc2cc(C)c(C)cc2[N+](=O)[O-])c2ccccc2O1. The first-order valence-corrected chi connectivity index (χ1v) is 10.1. The highest BCUT2D eigenvalue weighted by Gasteiger charge is 2.31. The number of hydrogen-bond donors (Lipinski definition) is 2. The van der Waals surface area contributed by atoms with E-state index in [1.165, 1.54) is 6.07 Å². The van der Waals surface area contributed by atoms with Gasteiger partial charge in [-0.2, -0.15) is 0 Å². The highest BCUT2D eigenvalue weighted by molar-refractivity contribution is 5.97. The number of aryl methyl sites for hydroxylation is 2. The molecule has 2 amide bonds. The van der Waals surface area contributed by atoms with Gasteiger partial charge in [-0.3, -0.25) is 19.7 Å². The topological polar surface area (TPSA) is 114 Å². The van der Waals surface area contributed by atoms with Crippen molar-refractivity contribution in [3.8, 4) is 5.75 Å². The van der Waals surface area contributed by atoms with Crippen LogP contribution >= 0.6 is 0 Å². The molecule has 2 aromatic rings. The van der Waals surface area contributed by atoms with Gasteiger partial charge in [0, 0.05) is 12.6 Å². The van der Waals surface area contributed by atoms with Gasteiger partial charge < -0.3 is 20.3 Å². The number of para-hydroxylation sites is 2. The Morgan fingerprint density at radius 2 is 1.94 bits per heavy atom. The van der Waals surface area contributed by atoms with E-state index in [1.54, 1.807) is 36.1 Å². The molecule has 0 spiro atoms. The predicted molar refractivity (Wildman–Crippen MR) is 118 cm³/mol. The number of ether oxygens (including phenoxy) is 1. The molecule has 9 nitrogen and oxygen atoms in total. The first kappa shape index (κ1) is 22.1. The van der Waals surface area contributed by atoms with Gasteiger partial charge in [0.2, 0.25) is 5.91 Å². The van der Waals surface area contributed by atoms with Gasteiger partial charge in [-0.25, -0.2) is 0 Å².